The lowest BCUT2D eigenvalue weighted by Crippen LogP contribution is -2.38. The highest BCUT2D eigenvalue weighted by atomic mass is 79.9. The van der Waals surface area contributed by atoms with E-state index < -0.39 is 5.91 Å². The number of nitrogens with zero attached hydrogens (tertiary/aromatic N) is 2. The Hall–Kier alpha value is -2.34. The number of guanidine groups is 1. The van der Waals surface area contributed by atoms with Gasteiger partial charge >= 0.3 is 0 Å². The Bertz CT molecular complexity index is 743. The molecule has 2 aromatic rings. The van der Waals surface area contributed by atoms with Gasteiger partial charge in [0.1, 0.15) is 0 Å². The highest BCUT2D eigenvalue weighted by molar-refractivity contribution is 9.10. The van der Waals surface area contributed by atoms with E-state index in [9.17, 15) is 4.79 Å². The number of amides is 1. The summed E-state index contributed by atoms with van der Waals surface area (Å²) < 4.78 is 1.06. The fourth-order valence-corrected chi connectivity index (χ4v) is 2.66. The van der Waals surface area contributed by atoms with Gasteiger partial charge in [0.05, 0.1) is 6.54 Å². The SMILES string of the molecule is CCNC(=NCc1cccc(C(N)=O)c1)N(C)Cc1ccc(Br)cc1. The van der Waals surface area contributed by atoms with Crippen LogP contribution in [-0.2, 0) is 13.1 Å². The minimum atomic E-state index is -0.426. The maximum absolute atomic E-state index is 11.3. The number of aliphatic imine (C=N–C) groups is 1. The van der Waals surface area contributed by atoms with Crippen molar-refractivity contribution >= 4 is 27.8 Å². The second-order valence-electron chi connectivity index (χ2n) is 5.72. The molecule has 0 aliphatic heterocycles. The third-order valence-electron chi connectivity index (χ3n) is 3.65. The fourth-order valence-electron chi connectivity index (χ4n) is 2.40. The molecule has 0 spiro atoms. The summed E-state index contributed by atoms with van der Waals surface area (Å²) in [5.41, 5.74) is 7.98. The van der Waals surface area contributed by atoms with E-state index in [2.05, 4.69) is 43.3 Å². The first-order chi connectivity index (χ1) is 12.0. The van der Waals surface area contributed by atoms with Crippen LogP contribution in [0.5, 0.6) is 0 Å². The van der Waals surface area contributed by atoms with Crippen LogP contribution in [0.2, 0.25) is 0 Å². The summed E-state index contributed by atoms with van der Waals surface area (Å²) in [5.74, 6) is 0.389. The Morgan fingerprint density at radius 3 is 2.56 bits per heavy atom. The highest BCUT2D eigenvalue weighted by Gasteiger charge is 2.07. The third-order valence-corrected chi connectivity index (χ3v) is 4.18. The molecule has 0 fully saturated rings. The molecule has 5 nitrogen and oxygen atoms in total. The van der Waals surface area contributed by atoms with Gasteiger partial charge in [-0.1, -0.05) is 40.2 Å². The van der Waals surface area contributed by atoms with Crippen molar-refractivity contribution in [1.82, 2.24) is 10.2 Å². The molecule has 0 aliphatic rings. The van der Waals surface area contributed by atoms with Crippen molar-refractivity contribution in [1.29, 1.82) is 0 Å². The molecule has 0 saturated carbocycles. The fraction of sp³-hybridized carbons (Fsp3) is 0.263. The zero-order valence-electron chi connectivity index (χ0n) is 14.5. The van der Waals surface area contributed by atoms with Crippen molar-refractivity contribution in [2.24, 2.45) is 10.7 Å². The van der Waals surface area contributed by atoms with Crippen LogP contribution in [0.15, 0.2) is 58.0 Å². The number of carbonyl (C=O) groups excluding carboxylic acids is 1. The summed E-state index contributed by atoms with van der Waals surface area (Å²) in [6.45, 7) is 4.05. The molecule has 1 amide bonds. The summed E-state index contributed by atoms with van der Waals surface area (Å²) in [6, 6.07) is 15.5. The number of hydrogen-bond acceptors (Lipinski definition) is 2. The van der Waals surface area contributed by atoms with E-state index in [-0.39, 0.29) is 0 Å². The van der Waals surface area contributed by atoms with Crippen LogP contribution in [0, 0.1) is 0 Å². The maximum atomic E-state index is 11.3. The van der Waals surface area contributed by atoms with Gasteiger partial charge in [-0.3, -0.25) is 4.79 Å². The van der Waals surface area contributed by atoms with Gasteiger partial charge in [0, 0.05) is 30.2 Å². The van der Waals surface area contributed by atoms with E-state index in [1.807, 2.05) is 38.2 Å². The molecule has 0 aliphatic carbocycles. The van der Waals surface area contributed by atoms with Gasteiger partial charge < -0.3 is 16.0 Å². The topological polar surface area (TPSA) is 70.7 Å². The molecule has 2 rings (SSSR count). The highest BCUT2D eigenvalue weighted by Crippen LogP contribution is 2.12. The minimum absolute atomic E-state index is 0.426. The number of rotatable bonds is 6. The average molecular weight is 403 g/mol. The number of nitrogens with two attached hydrogens (primary N) is 1. The molecule has 132 valence electrons. The zero-order chi connectivity index (χ0) is 18.2. The van der Waals surface area contributed by atoms with Crippen LogP contribution in [0.4, 0.5) is 0 Å². The van der Waals surface area contributed by atoms with Crippen LogP contribution in [0.3, 0.4) is 0 Å². The van der Waals surface area contributed by atoms with E-state index in [0.29, 0.717) is 12.1 Å². The first kappa shape index (κ1) is 19.0. The molecule has 0 aromatic heterocycles. The summed E-state index contributed by atoms with van der Waals surface area (Å²) in [4.78, 5) is 18.0. The van der Waals surface area contributed by atoms with E-state index in [1.165, 1.54) is 5.56 Å². The monoisotopic (exact) mass is 402 g/mol. The molecule has 0 bridgehead atoms. The predicted octanol–water partition coefficient (Wildman–Crippen LogP) is 3.15. The van der Waals surface area contributed by atoms with Crippen molar-refractivity contribution in [3.05, 3.63) is 69.7 Å². The molecule has 0 saturated heterocycles. The number of halogens is 1. The summed E-state index contributed by atoms with van der Waals surface area (Å²) >= 11 is 3.45. The molecule has 0 atom stereocenters. The standard InChI is InChI=1S/C19H23BrN4O/c1-3-22-19(24(2)13-14-7-9-17(20)10-8-14)23-12-15-5-4-6-16(11-15)18(21)25/h4-11H,3,12-13H2,1-2H3,(H2,21,25)(H,22,23). The van der Waals surface area contributed by atoms with Crippen LogP contribution in [0.25, 0.3) is 0 Å². The van der Waals surface area contributed by atoms with Gasteiger partial charge in [0.25, 0.3) is 0 Å². The Kier molecular flexibility index (Phi) is 7.01. The summed E-state index contributed by atoms with van der Waals surface area (Å²) in [7, 11) is 2.00. The largest absolute Gasteiger partial charge is 0.366 e. The Labute approximate surface area is 157 Å². The van der Waals surface area contributed by atoms with Crippen molar-refractivity contribution in [3.8, 4) is 0 Å². The van der Waals surface area contributed by atoms with Gasteiger partial charge in [-0.05, 0) is 42.3 Å². The third kappa shape index (κ3) is 5.90. The van der Waals surface area contributed by atoms with Gasteiger partial charge in [-0.15, -0.1) is 0 Å². The lowest BCUT2D eigenvalue weighted by molar-refractivity contribution is 0.1000. The average Bonchev–Trinajstić information content (AvgIpc) is 2.60. The Balaban J connectivity index is 2.10. The van der Waals surface area contributed by atoms with Gasteiger partial charge in [0.15, 0.2) is 5.96 Å². The number of hydrogen-bond donors (Lipinski definition) is 2. The molecule has 0 radical (unpaired) electrons. The molecular formula is C19H23BrN4O. The number of carbonyl (C=O) groups is 1. The molecular weight excluding hydrogens is 380 g/mol. The molecule has 2 aromatic carbocycles. The molecule has 0 heterocycles. The van der Waals surface area contributed by atoms with Gasteiger partial charge in [-0.25, -0.2) is 4.99 Å². The molecule has 3 N–H and O–H groups in total. The lowest BCUT2D eigenvalue weighted by atomic mass is 10.1. The van der Waals surface area contributed by atoms with Crippen LogP contribution in [-0.4, -0.2) is 30.4 Å². The molecule has 25 heavy (non-hydrogen) atoms. The zero-order valence-corrected chi connectivity index (χ0v) is 16.1. The maximum Gasteiger partial charge on any atom is 0.248 e. The Morgan fingerprint density at radius 1 is 1.20 bits per heavy atom. The van der Waals surface area contributed by atoms with E-state index in [0.717, 1.165) is 29.1 Å². The number of primary amides is 1. The van der Waals surface area contributed by atoms with Gasteiger partial charge in [-0.2, -0.15) is 0 Å². The van der Waals surface area contributed by atoms with Gasteiger partial charge in [0.2, 0.25) is 5.91 Å². The number of nitrogens with one attached hydrogen (secondary N) is 1. The van der Waals surface area contributed by atoms with E-state index in [1.54, 1.807) is 12.1 Å². The summed E-state index contributed by atoms with van der Waals surface area (Å²) in [5, 5.41) is 3.30. The first-order valence-electron chi connectivity index (χ1n) is 8.12. The normalized spacial score (nSPS) is 11.2. The van der Waals surface area contributed by atoms with Crippen LogP contribution < -0.4 is 11.1 Å². The minimum Gasteiger partial charge on any atom is -0.366 e. The van der Waals surface area contributed by atoms with E-state index >= 15 is 0 Å². The smallest absolute Gasteiger partial charge is 0.248 e. The second-order valence-corrected chi connectivity index (χ2v) is 6.63. The van der Waals surface area contributed by atoms with E-state index in [4.69, 9.17) is 5.73 Å². The van der Waals surface area contributed by atoms with Crippen molar-refractivity contribution in [2.75, 3.05) is 13.6 Å². The molecule has 6 heteroatoms. The van der Waals surface area contributed by atoms with Crippen molar-refractivity contribution in [2.45, 2.75) is 20.0 Å². The second kappa shape index (κ2) is 9.22. The van der Waals surface area contributed by atoms with Crippen molar-refractivity contribution < 1.29 is 4.79 Å². The number of benzene rings is 2. The van der Waals surface area contributed by atoms with Crippen LogP contribution >= 0.6 is 15.9 Å². The lowest BCUT2D eigenvalue weighted by Gasteiger charge is -2.22. The quantitative estimate of drug-likeness (QED) is 0.575. The predicted molar refractivity (Wildman–Crippen MR) is 105 cm³/mol. The first-order valence-corrected chi connectivity index (χ1v) is 8.91. The summed E-state index contributed by atoms with van der Waals surface area (Å²) in [6.07, 6.45) is 0. The molecule has 0 unspecified atom stereocenters. The van der Waals surface area contributed by atoms with Crippen LogP contribution in [0.1, 0.15) is 28.4 Å². The van der Waals surface area contributed by atoms with Crippen molar-refractivity contribution in [3.63, 3.8) is 0 Å². The Morgan fingerprint density at radius 2 is 1.92 bits per heavy atom.